The molecule has 11 heteroatoms. The molecular weight excluding hydrogens is 433 g/mol. The number of nitrogens with zero attached hydrogens (tertiary/aromatic N) is 1. The van der Waals surface area contributed by atoms with Gasteiger partial charge in [-0.15, -0.1) is 13.2 Å². The van der Waals surface area contributed by atoms with Crippen molar-refractivity contribution in [2.24, 2.45) is 0 Å². The van der Waals surface area contributed by atoms with Crippen LogP contribution in [0.25, 0.3) is 0 Å². The minimum absolute atomic E-state index is 0.0609. The fourth-order valence-corrected chi connectivity index (χ4v) is 4.60. The zero-order valence-corrected chi connectivity index (χ0v) is 16.4. The Labute approximate surface area is 170 Å². The van der Waals surface area contributed by atoms with Gasteiger partial charge in [0, 0.05) is 6.54 Å². The zero-order valence-electron chi connectivity index (χ0n) is 14.9. The van der Waals surface area contributed by atoms with Crippen molar-refractivity contribution in [3.8, 4) is 5.75 Å². The maximum atomic E-state index is 12.3. The summed E-state index contributed by atoms with van der Waals surface area (Å²) in [7, 11) is -3.38. The fraction of sp³-hybridized carbons (Fsp3) is 0.278. The van der Waals surface area contributed by atoms with Crippen LogP contribution in [0, 0.1) is 0 Å². The first kappa shape index (κ1) is 21.3. The van der Waals surface area contributed by atoms with E-state index < -0.39 is 22.3 Å². The Morgan fingerprint density at radius 3 is 2.45 bits per heavy atom. The molecule has 1 N–H and O–H groups in total. The van der Waals surface area contributed by atoms with Gasteiger partial charge in [-0.1, -0.05) is 23.7 Å². The number of hydrogen-bond acceptors (Lipinski definition) is 4. The molecule has 1 heterocycles. The molecule has 2 aromatic rings. The Bertz CT molecular complexity index is 1010. The lowest BCUT2D eigenvalue weighted by Crippen LogP contribution is -2.25. The summed E-state index contributed by atoms with van der Waals surface area (Å²) in [6.07, 6.45) is -4.39. The molecule has 156 valence electrons. The van der Waals surface area contributed by atoms with Gasteiger partial charge < -0.3 is 10.1 Å². The van der Waals surface area contributed by atoms with Crippen molar-refractivity contribution >= 4 is 38.9 Å². The topological polar surface area (TPSA) is 75.7 Å². The largest absolute Gasteiger partial charge is 0.573 e. The molecule has 0 unspecified atom stereocenters. The van der Waals surface area contributed by atoms with Crippen LogP contribution in [-0.2, 0) is 21.2 Å². The van der Waals surface area contributed by atoms with Crippen molar-refractivity contribution < 1.29 is 31.1 Å². The summed E-state index contributed by atoms with van der Waals surface area (Å²) in [5, 5.41) is 2.83. The van der Waals surface area contributed by atoms with Gasteiger partial charge in [0.1, 0.15) is 5.75 Å². The van der Waals surface area contributed by atoms with Gasteiger partial charge in [-0.05, 0) is 42.3 Å². The van der Waals surface area contributed by atoms with E-state index in [1.807, 2.05) is 0 Å². The van der Waals surface area contributed by atoms with E-state index in [4.69, 9.17) is 11.6 Å². The molecule has 1 aliphatic heterocycles. The highest BCUT2D eigenvalue weighted by Gasteiger charge is 2.31. The molecule has 3 rings (SSSR count). The summed E-state index contributed by atoms with van der Waals surface area (Å²) in [5.41, 5.74) is 1.11. The molecule has 1 saturated heterocycles. The van der Waals surface area contributed by atoms with Crippen LogP contribution in [0.15, 0.2) is 42.5 Å². The molecule has 0 spiro atoms. The molecule has 0 saturated carbocycles. The number of alkyl halides is 3. The maximum absolute atomic E-state index is 12.3. The van der Waals surface area contributed by atoms with Gasteiger partial charge in [0.05, 0.1) is 28.6 Å². The summed E-state index contributed by atoms with van der Waals surface area (Å²) in [5.74, 6) is -0.784. The molecule has 0 bridgehead atoms. The van der Waals surface area contributed by atoms with E-state index in [-0.39, 0.29) is 28.6 Å². The normalized spacial score (nSPS) is 15.9. The molecular formula is C18H16ClF3N2O4S. The first-order valence-electron chi connectivity index (χ1n) is 8.48. The predicted molar refractivity (Wildman–Crippen MR) is 103 cm³/mol. The maximum Gasteiger partial charge on any atom is 0.573 e. The highest BCUT2D eigenvalue weighted by molar-refractivity contribution is 7.93. The second kappa shape index (κ2) is 8.11. The van der Waals surface area contributed by atoms with Crippen molar-refractivity contribution in [3.63, 3.8) is 0 Å². The van der Waals surface area contributed by atoms with Gasteiger partial charge in [-0.25, -0.2) is 8.42 Å². The predicted octanol–water partition coefficient (Wildman–Crippen LogP) is 3.96. The van der Waals surface area contributed by atoms with E-state index in [0.717, 1.165) is 12.1 Å². The van der Waals surface area contributed by atoms with Gasteiger partial charge in [-0.2, -0.15) is 0 Å². The number of carbonyl (C=O) groups is 1. The third-order valence-corrected chi connectivity index (χ3v) is 6.33. The van der Waals surface area contributed by atoms with Gasteiger partial charge in [0.15, 0.2) is 0 Å². The number of hydrogen-bond donors (Lipinski definition) is 1. The molecule has 1 fully saturated rings. The lowest BCUT2D eigenvalue weighted by atomic mass is 10.1. The smallest absolute Gasteiger partial charge is 0.406 e. The number of halogens is 4. The SMILES string of the molecule is O=C(Cc1ccc(OC(F)(F)F)cc1)Nc1cc(N2CCCS2(=O)=O)ccc1Cl. The molecule has 29 heavy (non-hydrogen) atoms. The van der Waals surface area contributed by atoms with Crippen molar-refractivity contribution in [2.45, 2.75) is 19.2 Å². The van der Waals surface area contributed by atoms with Crippen molar-refractivity contribution in [3.05, 3.63) is 53.1 Å². The van der Waals surface area contributed by atoms with E-state index >= 15 is 0 Å². The Balaban J connectivity index is 1.68. The quantitative estimate of drug-likeness (QED) is 0.751. The number of ether oxygens (including phenoxy) is 1. The van der Waals surface area contributed by atoms with Crippen molar-refractivity contribution in [1.29, 1.82) is 0 Å². The van der Waals surface area contributed by atoms with Gasteiger partial charge in [0.25, 0.3) is 0 Å². The van der Waals surface area contributed by atoms with Crippen LogP contribution in [0.2, 0.25) is 5.02 Å². The monoisotopic (exact) mass is 448 g/mol. The first-order chi connectivity index (χ1) is 13.5. The van der Waals surface area contributed by atoms with Crippen LogP contribution in [0.3, 0.4) is 0 Å². The third kappa shape index (κ3) is 5.54. The minimum atomic E-state index is -4.79. The lowest BCUT2D eigenvalue weighted by molar-refractivity contribution is -0.274. The molecule has 2 aromatic carbocycles. The Morgan fingerprint density at radius 1 is 1.17 bits per heavy atom. The van der Waals surface area contributed by atoms with Crippen molar-refractivity contribution in [1.82, 2.24) is 0 Å². The van der Waals surface area contributed by atoms with Crippen LogP contribution in [-0.4, -0.2) is 33.0 Å². The van der Waals surface area contributed by atoms with Crippen LogP contribution in [0.5, 0.6) is 5.75 Å². The molecule has 0 radical (unpaired) electrons. The highest BCUT2D eigenvalue weighted by atomic mass is 35.5. The highest BCUT2D eigenvalue weighted by Crippen LogP contribution is 2.31. The van der Waals surface area contributed by atoms with Crippen LogP contribution in [0.1, 0.15) is 12.0 Å². The number of amides is 1. The summed E-state index contributed by atoms with van der Waals surface area (Å²) in [6.45, 7) is 0.351. The average Bonchev–Trinajstić information content (AvgIpc) is 2.96. The van der Waals surface area contributed by atoms with Crippen LogP contribution in [0.4, 0.5) is 24.5 Å². The Kier molecular flexibility index (Phi) is 5.95. The Morgan fingerprint density at radius 2 is 1.86 bits per heavy atom. The van der Waals surface area contributed by atoms with Crippen LogP contribution < -0.4 is 14.4 Å². The van der Waals surface area contributed by atoms with E-state index in [2.05, 4.69) is 10.1 Å². The van der Waals surface area contributed by atoms with E-state index in [1.165, 1.54) is 28.6 Å². The minimum Gasteiger partial charge on any atom is -0.406 e. The number of carbonyl (C=O) groups excluding carboxylic acids is 1. The number of sulfonamides is 1. The fourth-order valence-electron chi connectivity index (χ4n) is 2.88. The standard InChI is InChI=1S/C18H16ClF3N2O4S/c19-15-7-4-13(24-8-1-9-29(24,26)27)11-16(15)23-17(25)10-12-2-5-14(6-3-12)28-18(20,21)22/h2-7,11H,1,8-10H2,(H,23,25). The van der Waals surface area contributed by atoms with Gasteiger partial charge in [-0.3, -0.25) is 9.10 Å². The summed E-state index contributed by atoms with van der Waals surface area (Å²) in [6, 6.07) is 9.43. The molecule has 1 amide bonds. The average molecular weight is 449 g/mol. The Hall–Kier alpha value is -2.46. The lowest BCUT2D eigenvalue weighted by Gasteiger charge is -2.18. The van der Waals surface area contributed by atoms with E-state index in [9.17, 15) is 26.4 Å². The summed E-state index contributed by atoms with van der Waals surface area (Å²) >= 11 is 6.10. The second-order valence-corrected chi connectivity index (χ2v) is 8.74. The zero-order chi connectivity index (χ0) is 21.2. The van der Waals surface area contributed by atoms with E-state index in [1.54, 1.807) is 6.07 Å². The summed E-state index contributed by atoms with van der Waals surface area (Å²) in [4.78, 5) is 12.3. The van der Waals surface area contributed by atoms with Gasteiger partial charge >= 0.3 is 6.36 Å². The van der Waals surface area contributed by atoms with E-state index in [0.29, 0.717) is 24.2 Å². The number of anilines is 2. The number of benzene rings is 2. The van der Waals surface area contributed by atoms with Gasteiger partial charge in [0.2, 0.25) is 15.9 Å². The first-order valence-corrected chi connectivity index (χ1v) is 10.5. The molecule has 1 aliphatic rings. The summed E-state index contributed by atoms with van der Waals surface area (Å²) < 4.78 is 65.7. The number of nitrogens with one attached hydrogen (secondary N) is 1. The second-order valence-electron chi connectivity index (χ2n) is 6.32. The molecule has 0 aromatic heterocycles. The molecule has 6 nitrogen and oxygen atoms in total. The molecule has 0 aliphatic carbocycles. The molecule has 0 atom stereocenters. The van der Waals surface area contributed by atoms with Crippen molar-refractivity contribution in [2.75, 3.05) is 21.9 Å². The van der Waals surface area contributed by atoms with Crippen LogP contribution >= 0.6 is 11.6 Å². The number of rotatable bonds is 5. The third-order valence-electron chi connectivity index (χ3n) is 4.13.